The van der Waals surface area contributed by atoms with Crippen LogP contribution in [-0.2, 0) is 10.2 Å². The maximum atomic E-state index is 12.7. The Bertz CT molecular complexity index is 626. The molecule has 0 radical (unpaired) electrons. The van der Waals surface area contributed by atoms with Crippen LogP contribution < -0.4 is 4.74 Å². The second kappa shape index (κ2) is 6.63. The fourth-order valence-electron chi connectivity index (χ4n) is 2.06. The summed E-state index contributed by atoms with van der Waals surface area (Å²) in [5, 5.41) is -0.151. The van der Waals surface area contributed by atoms with Crippen LogP contribution >= 0.6 is 27.5 Å². The largest absolute Gasteiger partial charge is 0.471 e. The van der Waals surface area contributed by atoms with Crippen LogP contribution in [0.15, 0.2) is 54.6 Å². The van der Waals surface area contributed by atoms with Crippen molar-refractivity contribution in [2.24, 2.45) is 0 Å². The molecule has 0 aliphatic rings. The van der Waals surface area contributed by atoms with Gasteiger partial charge in [0.2, 0.25) is 5.01 Å². The molecule has 1 atom stereocenters. The number of para-hydroxylation sites is 1. The average Bonchev–Trinajstić information content (AvgIpc) is 2.47. The van der Waals surface area contributed by atoms with Gasteiger partial charge in [-0.25, -0.2) is 0 Å². The van der Waals surface area contributed by atoms with E-state index >= 15 is 0 Å². The fourth-order valence-corrected chi connectivity index (χ4v) is 3.22. The van der Waals surface area contributed by atoms with Crippen LogP contribution in [0.1, 0.15) is 19.4 Å². The van der Waals surface area contributed by atoms with Gasteiger partial charge in [-0.2, -0.15) is 0 Å². The van der Waals surface area contributed by atoms with E-state index in [-0.39, 0.29) is 5.78 Å². The van der Waals surface area contributed by atoms with Gasteiger partial charge in [-0.05, 0) is 53.5 Å². The van der Waals surface area contributed by atoms with Crippen LogP contribution in [0.3, 0.4) is 0 Å². The number of rotatable bonds is 5. The molecule has 0 saturated heterocycles. The summed E-state index contributed by atoms with van der Waals surface area (Å²) in [5.41, 5.74) is 0.0409. The Morgan fingerprint density at radius 2 is 1.67 bits per heavy atom. The number of halogens is 2. The van der Waals surface area contributed by atoms with Crippen molar-refractivity contribution in [2.75, 3.05) is 0 Å². The molecular weight excluding hydrogens is 352 g/mol. The first-order valence-corrected chi connectivity index (χ1v) is 7.87. The third kappa shape index (κ3) is 3.66. The van der Waals surface area contributed by atoms with Gasteiger partial charge in [0, 0.05) is 5.02 Å². The van der Waals surface area contributed by atoms with E-state index in [2.05, 4.69) is 15.9 Å². The average molecular weight is 368 g/mol. The molecule has 0 aromatic heterocycles. The van der Waals surface area contributed by atoms with Crippen molar-refractivity contribution >= 4 is 33.3 Å². The lowest BCUT2D eigenvalue weighted by atomic mass is 9.81. The van der Waals surface area contributed by atoms with Crippen molar-refractivity contribution in [2.45, 2.75) is 24.3 Å². The molecule has 0 bridgehead atoms. The summed E-state index contributed by atoms with van der Waals surface area (Å²) < 4.78 is 5.65. The molecule has 0 heterocycles. The lowest BCUT2D eigenvalue weighted by molar-refractivity contribution is -0.126. The highest BCUT2D eigenvalue weighted by molar-refractivity contribution is 9.09. The molecule has 1 unspecified atom stereocenters. The van der Waals surface area contributed by atoms with Gasteiger partial charge in [-0.15, -0.1) is 0 Å². The molecule has 110 valence electrons. The first kappa shape index (κ1) is 16.1. The van der Waals surface area contributed by atoms with Gasteiger partial charge < -0.3 is 4.74 Å². The molecule has 0 fully saturated rings. The number of benzene rings is 2. The van der Waals surface area contributed by atoms with Crippen LogP contribution in [0, 0.1) is 0 Å². The third-order valence-electron chi connectivity index (χ3n) is 3.35. The fraction of sp³-hybridized carbons (Fsp3) is 0.235. The number of hydrogen-bond donors (Lipinski definition) is 0. The normalized spacial score (nSPS) is 12.8. The zero-order valence-electron chi connectivity index (χ0n) is 11.8. The van der Waals surface area contributed by atoms with E-state index in [0.717, 1.165) is 5.56 Å². The van der Waals surface area contributed by atoms with Crippen molar-refractivity contribution in [3.05, 3.63) is 65.2 Å². The van der Waals surface area contributed by atoms with Crippen molar-refractivity contribution in [1.29, 1.82) is 0 Å². The predicted octanol–water partition coefficient (Wildman–Crippen LogP) is 4.99. The number of ketones is 1. The number of ether oxygens (including phenoxy) is 1. The van der Waals surface area contributed by atoms with E-state index in [9.17, 15) is 4.79 Å². The first-order valence-electron chi connectivity index (χ1n) is 6.58. The number of Topliss-reactive ketones (excluding diaryl/α,β-unsaturated/α-hetero) is 1. The van der Waals surface area contributed by atoms with Crippen LogP contribution in [-0.4, -0.2) is 10.8 Å². The molecule has 0 aliphatic heterocycles. The zero-order chi connectivity index (χ0) is 15.5. The molecule has 0 N–H and O–H groups in total. The Morgan fingerprint density at radius 1 is 1.10 bits per heavy atom. The van der Waals surface area contributed by atoms with Gasteiger partial charge in [0.25, 0.3) is 0 Å². The van der Waals surface area contributed by atoms with Crippen molar-refractivity contribution in [1.82, 2.24) is 0 Å². The van der Waals surface area contributed by atoms with Gasteiger partial charge in [0.05, 0.1) is 5.41 Å². The van der Waals surface area contributed by atoms with Crippen molar-refractivity contribution < 1.29 is 9.53 Å². The molecule has 2 rings (SSSR count). The highest BCUT2D eigenvalue weighted by Crippen LogP contribution is 2.33. The van der Waals surface area contributed by atoms with Gasteiger partial charge in [0.15, 0.2) is 5.78 Å². The van der Waals surface area contributed by atoms with E-state index in [1.165, 1.54) is 0 Å². The van der Waals surface area contributed by atoms with E-state index in [1.807, 2.05) is 62.4 Å². The summed E-state index contributed by atoms with van der Waals surface area (Å²) in [4.78, 5) is 12.7. The monoisotopic (exact) mass is 366 g/mol. The third-order valence-corrected chi connectivity index (χ3v) is 4.28. The van der Waals surface area contributed by atoms with Crippen LogP contribution in [0.5, 0.6) is 5.75 Å². The second-order valence-corrected chi connectivity index (χ2v) is 6.45. The minimum Gasteiger partial charge on any atom is -0.471 e. The number of hydrogen-bond acceptors (Lipinski definition) is 2. The standard InChI is InChI=1S/C17H16BrClO2/c1-17(2,13-10-6-7-11-14(13)19)15(20)16(18)21-12-8-4-3-5-9-12/h3-11,16H,1-2H3. The molecule has 0 aliphatic carbocycles. The molecular formula is C17H16BrClO2. The molecule has 2 aromatic carbocycles. The SMILES string of the molecule is CC(C)(C(=O)C(Br)Oc1ccccc1)c1ccccc1Cl. The number of alkyl halides is 1. The van der Waals surface area contributed by atoms with Gasteiger partial charge in [-0.1, -0.05) is 48.0 Å². The maximum absolute atomic E-state index is 12.7. The Hall–Kier alpha value is -1.32. The first-order chi connectivity index (χ1) is 9.93. The summed E-state index contributed by atoms with van der Waals surface area (Å²) in [5.74, 6) is 0.558. The van der Waals surface area contributed by atoms with Crippen LogP contribution in [0.4, 0.5) is 0 Å². The van der Waals surface area contributed by atoms with E-state index in [1.54, 1.807) is 6.07 Å². The summed E-state index contributed by atoms with van der Waals surface area (Å²) in [6.45, 7) is 3.69. The van der Waals surface area contributed by atoms with Crippen LogP contribution in [0.25, 0.3) is 0 Å². The molecule has 0 spiro atoms. The molecule has 0 amide bonds. The smallest absolute Gasteiger partial charge is 0.211 e. The Labute approximate surface area is 138 Å². The van der Waals surface area contributed by atoms with Gasteiger partial charge >= 0.3 is 0 Å². The Balaban J connectivity index is 2.20. The molecule has 4 heteroatoms. The van der Waals surface area contributed by atoms with Crippen molar-refractivity contribution in [3.8, 4) is 5.75 Å². The highest BCUT2D eigenvalue weighted by Gasteiger charge is 2.36. The van der Waals surface area contributed by atoms with Gasteiger partial charge in [0.1, 0.15) is 5.75 Å². The highest BCUT2D eigenvalue weighted by atomic mass is 79.9. The van der Waals surface area contributed by atoms with Gasteiger partial charge in [-0.3, -0.25) is 4.79 Å². The minimum atomic E-state index is -0.749. The number of carbonyl (C=O) groups excluding carboxylic acids is 1. The van der Waals surface area contributed by atoms with Crippen molar-refractivity contribution in [3.63, 3.8) is 0 Å². The topological polar surface area (TPSA) is 26.3 Å². The minimum absolute atomic E-state index is 0.0838. The molecule has 21 heavy (non-hydrogen) atoms. The summed E-state index contributed by atoms with van der Waals surface area (Å²) in [7, 11) is 0. The Kier molecular flexibility index (Phi) is 5.07. The summed E-state index contributed by atoms with van der Waals surface area (Å²) in [6.07, 6.45) is 0. The van der Waals surface area contributed by atoms with Crippen LogP contribution in [0.2, 0.25) is 5.02 Å². The zero-order valence-corrected chi connectivity index (χ0v) is 14.2. The Morgan fingerprint density at radius 3 is 2.29 bits per heavy atom. The predicted molar refractivity (Wildman–Crippen MR) is 89.3 cm³/mol. The lowest BCUT2D eigenvalue weighted by Crippen LogP contribution is -2.38. The summed E-state index contributed by atoms with van der Waals surface area (Å²) >= 11 is 9.53. The lowest BCUT2D eigenvalue weighted by Gasteiger charge is -2.27. The second-order valence-electron chi connectivity index (χ2n) is 5.22. The molecule has 0 saturated carbocycles. The number of carbonyl (C=O) groups is 1. The van der Waals surface area contributed by atoms with E-state index in [0.29, 0.717) is 10.8 Å². The summed E-state index contributed by atoms with van der Waals surface area (Å²) in [6, 6.07) is 16.6. The van der Waals surface area contributed by atoms with E-state index in [4.69, 9.17) is 16.3 Å². The quantitative estimate of drug-likeness (QED) is 0.696. The molecule has 2 nitrogen and oxygen atoms in total. The molecule has 2 aromatic rings. The van der Waals surface area contributed by atoms with E-state index < -0.39 is 10.4 Å². The maximum Gasteiger partial charge on any atom is 0.211 e.